The molecule has 0 spiro atoms. The molecule has 13 heavy (non-hydrogen) atoms. The Morgan fingerprint density at radius 1 is 1.77 bits per heavy atom. The second kappa shape index (κ2) is 3.12. The minimum atomic E-state index is -0.324. The van der Waals surface area contributed by atoms with E-state index in [1.807, 2.05) is 0 Å². The number of carbonyl (C=O) groups excluding carboxylic acids is 1. The quantitative estimate of drug-likeness (QED) is 0.800. The lowest BCUT2D eigenvalue weighted by atomic mass is 10.4. The lowest BCUT2D eigenvalue weighted by molar-refractivity contribution is 0.0606. The molecular weight excluding hydrogens is 256 g/mol. The highest BCUT2D eigenvalue weighted by atomic mass is 79.9. The van der Waals surface area contributed by atoms with E-state index in [-0.39, 0.29) is 5.97 Å². The van der Waals surface area contributed by atoms with Crippen molar-refractivity contribution in [3.05, 3.63) is 15.5 Å². The molecule has 0 unspecified atom stereocenters. The third-order valence-electron chi connectivity index (χ3n) is 1.57. The van der Waals surface area contributed by atoms with Gasteiger partial charge < -0.3 is 4.74 Å². The van der Waals surface area contributed by atoms with Crippen LogP contribution in [0.4, 0.5) is 0 Å². The zero-order valence-corrected chi connectivity index (χ0v) is 9.03. The largest absolute Gasteiger partial charge is 0.465 e. The van der Waals surface area contributed by atoms with Gasteiger partial charge in [-0.05, 0) is 22.0 Å². The number of nitrogens with one attached hydrogen (secondary N) is 1. The van der Waals surface area contributed by atoms with E-state index in [9.17, 15) is 4.79 Å². The fourth-order valence-electron chi connectivity index (χ4n) is 0.983. The molecule has 0 aromatic carbocycles. The van der Waals surface area contributed by atoms with Gasteiger partial charge in [-0.15, -0.1) is 11.3 Å². The van der Waals surface area contributed by atoms with Gasteiger partial charge in [0.1, 0.15) is 15.0 Å². The molecule has 0 atom stereocenters. The average molecular weight is 261 g/mol. The number of rotatable bonds is 1. The Kier molecular flexibility index (Phi) is 2.09. The molecular formula is C7H5BrN2O2S. The Bertz CT molecular complexity index is 462. The van der Waals surface area contributed by atoms with E-state index >= 15 is 0 Å². The summed E-state index contributed by atoms with van der Waals surface area (Å²) in [5, 5.41) is 6.75. The summed E-state index contributed by atoms with van der Waals surface area (Å²) in [5.41, 5.74) is 0.775. The molecule has 2 aromatic heterocycles. The number of methoxy groups -OCH3 is 1. The maximum Gasteiger partial charge on any atom is 0.348 e. The van der Waals surface area contributed by atoms with Crippen LogP contribution in [0, 0.1) is 0 Å². The second-order valence-electron chi connectivity index (χ2n) is 2.35. The SMILES string of the molecule is COC(=O)c1cc2n[nH]c(Br)c2s1. The Morgan fingerprint density at radius 2 is 2.54 bits per heavy atom. The van der Waals surface area contributed by atoms with Gasteiger partial charge in [0.15, 0.2) is 0 Å². The lowest BCUT2D eigenvalue weighted by Gasteiger charge is -1.91. The number of halogens is 1. The van der Waals surface area contributed by atoms with Crippen LogP contribution in [0.3, 0.4) is 0 Å². The number of carbonyl (C=O) groups is 1. The van der Waals surface area contributed by atoms with Crippen molar-refractivity contribution in [2.45, 2.75) is 0 Å². The highest BCUT2D eigenvalue weighted by Gasteiger charge is 2.13. The monoisotopic (exact) mass is 260 g/mol. The summed E-state index contributed by atoms with van der Waals surface area (Å²) in [6, 6.07) is 1.70. The van der Waals surface area contributed by atoms with Gasteiger partial charge in [-0.3, -0.25) is 5.10 Å². The summed E-state index contributed by atoms with van der Waals surface area (Å²) in [7, 11) is 1.36. The minimum absolute atomic E-state index is 0.324. The fraction of sp³-hybridized carbons (Fsp3) is 0.143. The van der Waals surface area contributed by atoms with E-state index in [0.717, 1.165) is 14.8 Å². The van der Waals surface area contributed by atoms with E-state index < -0.39 is 0 Å². The Hall–Kier alpha value is -0.880. The molecule has 0 aliphatic carbocycles. The molecule has 6 heteroatoms. The molecule has 1 N–H and O–H groups in total. The van der Waals surface area contributed by atoms with Crippen LogP contribution >= 0.6 is 27.3 Å². The maximum atomic E-state index is 11.1. The Labute approximate surface area is 86.0 Å². The van der Waals surface area contributed by atoms with Gasteiger partial charge >= 0.3 is 5.97 Å². The van der Waals surface area contributed by atoms with Crippen LogP contribution in [-0.4, -0.2) is 23.3 Å². The van der Waals surface area contributed by atoms with Crippen molar-refractivity contribution in [2.24, 2.45) is 0 Å². The van der Waals surface area contributed by atoms with Crippen LogP contribution < -0.4 is 0 Å². The van der Waals surface area contributed by atoms with E-state index in [2.05, 4.69) is 30.9 Å². The molecule has 0 aliphatic heterocycles. The van der Waals surface area contributed by atoms with E-state index in [1.165, 1.54) is 18.4 Å². The summed E-state index contributed by atoms with van der Waals surface area (Å²) in [6.45, 7) is 0. The number of hydrogen-bond donors (Lipinski definition) is 1. The van der Waals surface area contributed by atoms with E-state index in [0.29, 0.717) is 4.88 Å². The third kappa shape index (κ3) is 1.36. The first-order valence-corrected chi connectivity index (χ1v) is 5.05. The predicted molar refractivity (Wildman–Crippen MR) is 53.0 cm³/mol. The maximum absolute atomic E-state index is 11.1. The zero-order valence-electron chi connectivity index (χ0n) is 6.63. The number of H-pyrrole nitrogens is 1. The number of esters is 1. The fourth-order valence-corrected chi connectivity index (χ4v) is 2.42. The van der Waals surface area contributed by atoms with Gasteiger partial charge in [0, 0.05) is 0 Å². The van der Waals surface area contributed by atoms with Crippen LogP contribution in [0.5, 0.6) is 0 Å². The molecule has 68 valence electrons. The molecule has 0 aliphatic rings. The van der Waals surface area contributed by atoms with Crippen LogP contribution in [0.2, 0.25) is 0 Å². The topological polar surface area (TPSA) is 55.0 Å². The minimum Gasteiger partial charge on any atom is -0.465 e. The van der Waals surface area contributed by atoms with Crippen molar-refractivity contribution < 1.29 is 9.53 Å². The Balaban J connectivity index is 2.56. The van der Waals surface area contributed by atoms with Crippen LogP contribution in [0.15, 0.2) is 10.7 Å². The first-order valence-electron chi connectivity index (χ1n) is 3.44. The average Bonchev–Trinajstić information content (AvgIpc) is 2.67. The van der Waals surface area contributed by atoms with Crippen LogP contribution in [0.25, 0.3) is 10.2 Å². The smallest absolute Gasteiger partial charge is 0.348 e. The van der Waals surface area contributed by atoms with Gasteiger partial charge in [-0.25, -0.2) is 4.79 Å². The summed E-state index contributed by atoms with van der Waals surface area (Å²) in [6.07, 6.45) is 0. The van der Waals surface area contributed by atoms with Crippen molar-refractivity contribution in [3.8, 4) is 0 Å². The molecule has 0 saturated heterocycles. The summed E-state index contributed by atoms with van der Waals surface area (Å²) >= 11 is 4.64. The van der Waals surface area contributed by atoms with Crippen molar-refractivity contribution in [1.82, 2.24) is 10.2 Å². The van der Waals surface area contributed by atoms with Crippen LogP contribution in [-0.2, 0) is 4.74 Å². The number of ether oxygens (including phenoxy) is 1. The van der Waals surface area contributed by atoms with Gasteiger partial charge in [0.05, 0.1) is 11.8 Å². The number of nitrogens with zero attached hydrogens (tertiary/aromatic N) is 1. The molecule has 2 aromatic rings. The molecule has 0 saturated carbocycles. The van der Waals surface area contributed by atoms with Crippen molar-refractivity contribution in [2.75, 3.05) is 7.11 Å². The number of hydrogen-bond acceptors (Lipinski definition) is 4. The molecule has 0 bridgehead atoms. The molecule has 0 fully saturated rings. The van der Waals surface area contributed by atoms with Gasteiger partial charge in [-0.2, -0.15) is 5.10 Å². The number of aromatic amines is 1. The molecule has 0 radical (unpaired) electrons. The number of thiophene rings is 1. The summed E-state index contributed by atoms with van der Waals surface area (Å²) in [5.74, 6) is -0.324. The summed E-state index contributed by atoms with van der Waals surface area (Å²) in [4.78, 5) is 11.7. The normalized spacial score (nSPS) is 10.6. The first kappa shape index (κ1) is 8.71. The highest BCUT2D eigenvalue weighted by Crippen LogP contribution is 2.30. The van der Waals surface area contributed by atoms with Crippen LogP contribution in [0.1, 0.15) is 9.67 Å². The first-order chi connectivity index (χ1) is 6.22. The van der Waals surface area contributed by atoms with E-state index in [4.69, 9.17) is 0 Å². The molecule has 4 nitrogen and oxygen atoms in total. The van der Waals surface area contributed by atoms with Gasteiger partial charge in [-0.1, -0.05) is 0 Å². The zero-order chi connectivity index (χ0) is 9.42. The second-order valence-corrected chi connectivity index (χ2v) is 4.20. The number of aromatic nitrogens is 2. The standard InChI is InChI=1S/C7H5BrN2O2S/c1-12-7(11)4-2-3-5(13-4)6(8)10-9-3/h2H,1H3,(H,9,10). The molecule has 2 heterocycles. The van der Waals surface area contributed by atoms with Crippen molar-refractivity contribution in [1.29, 1.82) is 0 Å². The third-order valence-corrected chi connectivity index (χ3v) is 3.53. The van der Waals surface area contributed by atoms with Gasteiger partial charge in [0.2, 0.25) is 0 Å². The summed E-state index contributed by atoms with van der Waals surface area (Å²) < 4.78 is 6.32. The molecule has 0 amide bonds. The predicted octanol–water partition coefficient (Wildman–Crippen LogP) is 2.17. The Morgan fingerprint density at radius 3 is 3.15 bits per heavy atom. The van der Waals surface area contributed by atoms with Crippen molar-refractivity contribution in [3.63, 3.8) is 0 Å². The van der Waals surface area contributed by atoms with E-state index in [1.54, 1.807) is 6.07 Å². The number of fused-ring (bicyclic) bond motifs is 1. The lowest BCUT2D eigenvalue weighted by Crippen LogP contribution is -1.96. The highest BCUT2D eigenvalue weighted by molar-refractivity contribution is 9.10. The molecule has 2 rings (SSSR count). The van der Waals surface area contributed by atoms with Gasteiger partial charge in [0.25, 0.3) is 0 Å². The van der Waals surface area contributed by atoms with Crippen molar-refractivity contribution >= 4 is 43.5 Å².